The number of nitrogens with zero attached hydrogens (tertiary/aromatic N) is 2. The maximum Gasteiger partial charge on any atom is 0.280 e. The zero-order valence-electron chi connectivity index (χ0n) is 18.3. The highest BCUT2D eigenvalue weighted by Gasteiger charge is 2.38. The number of ether oxygens (including phenoxy) is 1. The number of hydrogen-bond donors (Lipinski definition) is 1. The van der Waals surface area contributed by atoms with E-state index in [2.05, 4.69) is 9.69 Å². The summed E-state index contributed by atoms with van der Waals surface area (Å²) in [6.45, 7) is 0. The molecule has 2 aromatic carbocycles. The molecule has 0 bridgehead atoms. The van der Waals surface area contributed by atoms with Crippen LogP contribution in [-0.4, -0.2) is 29.3 Å². The van der Waals surface area contributed by atoms with Crippen molar-refractivity contribution in [2.45, 2.75) is 37.8 Å². The average molecular weight is 522 g/mol. The second-order valence-electron chi connectivity index (χ2n) is 7.91. The van der Waals surface area contributed by atoms with Crippen LogP contribution >= 0.6 is 34.7 Å². The molecule has 6 nitrogen and oxygen atoms in total. The first-order valence-corrected chi connectivity index (χ1v) is 12.3. The Hall–Kier alpha value is -2.68. The van der Waals surface area contributed by atoms with Crippen molar-refractivity contribution in [2.24, 2.45) is 0 Å². The number of aromatic nitrogens is 1. The molecule has 10 heteroatoms. The second-order valence-corrected chi connectivity index (χ2v) is 9.66. The fourth-order valence-electron chi connectivity index (χ4n) is 4.11. The van der Waals surface area contributed by atoms with Crippen LogP contribution in [0.3, 0.4) is 0 Å². The van der Waals surface area contributed by atoms with E-state index in [9.17, 15) is 14.0 Å². The van der Waals surface area contributed by atoms with Crippen molar-refractivity contribution >= 4 is 52.2 Å². The quantitative estimate of drug-likeness (QED) is 0.411. The Morgan fingerprint density at radius 3 is 2.44 bits per heavy atom. The van der Waals surface area contributed by atoms with Crippen molar-refractivity contribution in [1.29, 1.82) is 0 Å². The maximum absolute atomic E-state index is 13.9. The summed E-state index contributed by atoms with van der Waals surface area (Å²) in [4.78, 5) is 28.9. The van der Waals surface area contributed by atoms with Gasteiger partial charge in [0.15, 0.2) is 5.69 Å². The lowest BCUT2D eigenvalue weighted by atomic mass is 10.0. The molecule has 4 rings (SSSR count). The Kier molecular flexibility index (Phi) is 7.70. The molecule has 0 radical (unpaired) electrons. The van der Waals surface area contributed by atoms with Gasteiger partial charge in [-0.2, -0.15) is 4.37 Å². The Balaban J connectivity index is 1.87. The van der Waals surface area contributed by atoms with Gasteiger partial charge >= 0.3 is 0 Å². The molecular weight excluding hydrogens is 500 g/mol. The normalized spacial score (nSPS) is 14.6. The monoisotopic (exact) mass is 521 g/mol. The van der Waals surface area contributed by atoms with Gasteiger partial charge in [-0.05, 0) is 54.2 Å². The van der Waals surface area contributed by atoms with Crippen LogP contribution in [-0.2, 0) is 4.79 Å². The van der Waals surface area contributed by atoms with E-state index < -0.39 is 23.7 Å². The summed E-state index contributed by atoms with van der Waals surface area (Å²) < 4.78 is 23.6. The third-order valence-electron chi connectivity index (χ3n) is 5.76. The smallest absolute Gasteiger partial charge is 0.280 e. The molecule has 178 valence electrons. The van der Waals surface area contributed by atoms with Crippen LogP contribution < -0.4 is 15.0 Å². The molecule has 0 saturated heterocycles. The molecule has 0 spiro atoms. The Labute approximate surface area is 210 Å². The number of halogens is 3. The first-order valence-electron chi connectivity index (χ1n) is 10.7. The van der Waals surface area contributed by atoms with Crippen LogP contribution in [0, 0.1) is 5.82 Å². The van der Waals surface area contributed by atoms with E-state index >= 15 is 0 Å². The molecule has 1 aliphatic rings. The zero-order valence-corrected chi connectivity index (χ0v) is 20.6. The Morgan fingerprint density at radius 2 is 1.82 bits per heavy atom. The van der Waals surface area contributed by atoms with E-state index in [-0.39, 0.29) is 21.1 Å². The minimum absolute atomic E-state index is 0.00220. The van der Waals surface area contributed by atoms with Gasteiger partial charge < -0.3 is 10.1 Å². The number of para-hydroxylation sites is 2. The van der Waals surface area contributed by atoms with Crippen LogP contribution in [0.25, 0.3) is 0 Å². The summed E-state index contributed by atoms with van der Waals surface area (Å²) in [5, 5.41) is 3.07. The lowest BCUT2D eigenvalue weighted by Crippen LogP contribution is -2.46. The minimum atomic E-state index is -1.14. The van der Waals surface area contributed by atoms with Crippen molar-refractivity contribution in [3.63, 3.8) is 0 Å². The van der Waals surface area contributed by atoms with Gasteiger partial charge in [0.25, 0.3) is 5.91 Å². The molecule has 1 aromatic heterocycles. The van der Waals surface area contributed by atoms with E-state index in [0.717, 1.165) is 37.2 Å². The fraction of sp³-hybridized carbons (Fsp3) is 0.292. The molecule has 3 aromatic rings. The number of benzene rings is 2. The summed E-state index contributed by atoms with van der Waals surface area (Å²) in [5.41, 5.74) is 0.683. The lowest BCUT2D eigenvalue weighted by Gasteiger charge is -2.32. The van der Waals surface area contributed by atoms with Gasteiger partial charge in [-0.25, -0.2) is 4.39 Å². The first kappa shape index (κ1) is 24.4. The molecule has 1 atom stereocenters. The molecule has 34 heavy (non-hydrogen) atoms. The van der Waals surface area contributed by atoms with Crippen LogP contribution in [0.2, 0.25) is 9.36 Å². The number of rotatable bonds is 7. The predicted octanol–water partition coefficient (Wildman–Crippen LogP) is 6.04. The molecule has 1 heterocycles. The van der Waals surface area contributed by atoms with Gasteiger partial charge in [-0.3, -0.25) is 14.5 Å². The highest BCUT2D eigenvalue weighted by Crippen LogP contribution is 2.38. The molecular formula is C24H22Cl2FN3O3S. The van der Waals surface area contributed by atoms with Crippen molar-refractivity contribution < 1.29 is 18.7 Å². The van der Waals surface area contributed by atoms with Crippen molar-refractivity contribution in [2.75, 3.05) is 12.0 Å². The van der Waals surface area contributed by atoms with E-state index in [1.807, 2.05) is 0 Å². The lowest BCUT2D eigenvalue weighted by molar-refractivity contribution is -0.123. The van der Waals surface area contributed by atoms with Crippen LogP contribution in [0.5, 0.6) is 5.75 Å². The number of anilines is 1. The minimum Gasteiger partial charge on any atom is -0.495 e. The van der Waals surface area contributed by atoms with Crippen molar-refractivity contribution in [3.05, 3.63) is 75.0 Å². The van der Waals surface area contributed by atoms with E-state index in [4.69, 9.17) is 27.9 Å². The van der Waals surface area contributed by atoms with Gasteiger partial charge in [0.1, 0.15) is 27.0 Å². The largest absolute Gasteiger partial charge is 0.495 e. The highest BCUT2D eigenvalue weighted by molar-refractivity contribution is 7.11. The molecule has 1 saturated carbocycles. The molecule has 2 amide bonds. The van der Waals surface area contributed by atoms with Crippen LogP contribution in [0.1, 0.15) is 47.8 Å². The third kappa shape index (κ3) is 5.04. The average Bonchev–Trinajstić information content (AvgIpc) is 3.47. The molecule has 1 unspecified atom stereocenters. The van der Waals surface area contributed by atoms with Crippen LogP contribution in [0.4, 0.5) is 10.1 Å². The maximum atomic E-state index is 13.9. The summed E-state index contributed by atoms with van der Waals surface area (Å²) in [5.74, 6) is -1.11. The standard InChI is InChI=1S/C24H22Cl2FN3O3S/c1-33-18-9-5-4-8-17(18)30(24(32)20-19(25)22(26)34-29-20)21(14-10-12-15(27)13-11-14)23(31)28-16-6-2-3-7-16/h4-5,8-13,16,21H,2-3,6-7H2,1H3,(H,28,31). The first-order chi connectivity index (χ1) is 16.4. The topological polar surface area (TPSA) is 71.5 Å². The van der Waals surface area contributed by atoms with E-state index in [1.54, 1.807) is 24.3 Å². The summed E-state index contributed by atoms with van der Waals surface area (Å²) in [6, 6.07) is 11.2. The van der Waals surface area contributed by atoms with Crippen LogP contribution in [0.15, 0.2) is 48.5 Å². The van der Waals surface area contributed by atoms with Crippen molar-refractivity contribution in [3.8, 4) is 5.75 Å². The van der Waals surface area contributed by atoms with Gasteiger partial charge in [-0.1, -0.05) is 60.3 Å². The molecule has 0 aliphatic heterocycles. The van der Waals surface area contributed by atoms with E-state index in [1.165, 1.54) is 36.3 Å². The summed E-state index contributed by atoms with van der Waals surface area (Å²) in [7, 11) is 1.47. The van der Waals surface area contributed by atoms with Gasteiger partial charge in [0.05, 0.1) is 12.8 Å². The number of hydrogen-bond acceptors (Lipinski definition) is 5. The van der Waals surface area contributed by atoms with Gasteiger partial charge in [0, 0.05) is 6.04 Å². The number of carbonyl (C=O) groups excluding carboxylic acids is 2. The Bertz CT molecular complexity index is 1180. The highest BCUT2D eigenvalue weighted by atomic mass is 35.5. The summed E-state index contributed by atoms with van der Waals surface area (Å²) >= 11 is 13.2. The second kappa shape index (κ2) is 10.7. The van der Waals surface area contributed by atoms with Crippen molar-refractivity contribution in [1.82, 2.24) is 9.69 Å². The number of carbonyl (C=O) groups is 2. The third-order valence-corrected chi connectivity index (χ3v) is 7.37. The molecule has 1 fully saturated rings. The number of amides is 2. The summed E-state index contributed by atoms with van der Waals surface area (Å²) in [6.07, 6.45) is 3.76. The molecule has 1 N–H and O–H groups in total. The predicted molar refractivity (Wildman–Crippen MR) is 131 cm³/mol. The SMILES string of the molecule is COc1ccccc1N(C(=O)c1nsc(Cl)c1Cl)C(C(=O)NC1CCCC1)c1ccc(F)cc1. The van der Waals surface area contributed by atoms with E-state index in [0.29, 0.717) is 17.0 Å². The van der Waals surface area contributed by atoms with Gasteiger partial charge in [-0.15, -0.1) is 0 Å². The van der Waals surface area contributed by atoms with Gasteiger partial charge in [0.2, 0.25) is 5.91 Å². The Morgan fingerprint density at radius 1 is 1.15 bits per heavy atom. The molecule has 1 aliphatic carbocycles. The number of nitrogens with one attached hydrogen (secondary N) is 1. The number of methoxy groups -OCH3 is 1. The fourth-order valence-corrected chi connectivity index (χ4v) is 5.10. The zero-order chi connectivity index (χ0) is 24.2.